The number of thiophene rings is 1. The highest BCUT2D eigenvalue weighted by atomic mass is 32.1. The summed E-state index contributed by atoms with van der Waals surface area (Å²) in [6.45, 7) is 0.493. The van der Waals surface area contributed by atoms with Crippen LogP contribution >= 0.6 is 11.3 Å². The van der Waals surface area contributed by atoms with Crippen molar-refractivity contribution in [3.63, 3.8) is 0 Å². The molecule has 84 valence electrons. The molecule has 2 N–H and O–H groups in total. The van der Waals surface area contributed by atoms with Gasteiger partial charge in [0.1, 0.15) is 5.69 Å². The second-order valence-electron chi connectivity index (χ2n) is 3.80. The smallest absolute Gasteiger partial charge is 0.103 e. The highest BCUT2D eigenvalue weighted by Gasteiger charge is 2.06. The van der Waals surface area contributed by atoms with Crippen molar-refractivity contribution in [3.8, 4) is 10.6 Å². The molecular formula is C13H11N3S. The van der Waals surface area contributed by atoms with Crippen LogP contribution < -0.4 is 5.73 Å². The van der Waals surface area contributed by atoms with Gasteiger partial charge in [0.2, 0.25) is 0 Å². The molecule has 0 fully saturated rings. The third kappa shape index (κ3) is 1.92. The Morgan fingerprint density at radius 1 is 1.18 bits per heavy atom. The first-order valence-corrected chi connectivity index (χ1v) is 6.19. The van der Waals surface area contributed by atoms with Gasteiger partial charge in [-0.25, -0.2) is 0 Å². The molecule has 0 amide bonds. The Kier molecular flexibility index (Phi) is 2.59. The Morgan fingerprint density at radius 3 is 2.88 bits per heavy atom. The molecule has 0 unspecified atom stereocenters. The first-order valence-electron chi connectivity index (χ1n) is 5.37. The summed E-state index contributed by atoms with van der Waals surface area (Å²) in [6.07, 6.45) is 1.71. The van der Waals surface area contributed by atoms with Crippen molar-refractivity contribution in [2.45, 2.75) is 6.54 Å². The van der Waals surface area contributed by atoms with Gasteiger partial charge in [-0.05, 0) is 29.1 Å². The molecule has 17 heavy (non-hydrogen) atoms. The Morgan fingerprint density at radius 2 is 2.06 bits per heavy atom. The quantitative estimate of drug-likeness (QED) is 0.750. The van der Waals surface area contributed by atoms with Gasteiger partial charge in [0.25, 0.3) is 0 Å². The SMILES string of the molecule is NCc1cnnc(-c2cc3ccccc3s2)c1. The van der Waals surface area contributed by atoms with E-state index in [9.17, 15) is 0 Å². The molecule has 0 bridgehead atoms. The summed E-state index contributed by atoms with van der Waals surface area (Å²) in [5, 5.41) is 9.38. The largest absolute Gasteiger partial charge is 0.326 e. The van der Waals surface area contributed by atoms with Gasteiger partial charge in [0.15, 0.2) is 0 Å². The summed E-state index contributed by atoms with van der Waals surface area (Å²) in [4.78, 5) is 1.13. The van der Waals surface area contributed by atoms with Crippen LogP contribution in [-0.4, -0.2) is 10.2 Å². The maximum Gasteiger partial charge on any atom is 0.103 e. The first kappa shape index (κ1) is 10.4. The highest BCUT2D eigenvalue weighted by Crippen LogP contribution is 2.32. The Bertz CT molecular complexity index is 627. The van der Waals surface area contributed by atoms with E-state index in [0.29, 0.717) is 6.54 Å². The summed E-state index contributed by atoms with van der Waals surface area (Å²) in [6, 6.07) is 12.5. The molecule has 0 aliphatic heterocycles. The van der Waals surface area contributed by atoms with Gasteiger partial charge in [0.05, 0.1) is 11.1 Å². The fourth-order valence-corrected chi connectivity index (χ4v) is 2.77. The number of nitrogens with two attached hydrogens (primary N) is 1. The Hall–Kier alpha value is -1.78. The van der Waals surface area contributed by atoms with E-state index in [0.717, 1.165) is 16.1 Å². The first-order chi connectivity index (χ1) is 8.36. The van der Waals surface area contributed by atoms with Gasteiger partial charge in [-0.2, -0.15) is 5.10 Å². The Balaban J connectivity index is 2.13. The van der Waals surface area contributed by atoms with Crippen LogP contribution in [-0.2, 0) is 6.54 Å². The molecule has 0 aliphatic carbocycles. The zero-order chi connectivity index (χ0) is 11.7. The van der Waals surface area contributed by atoms with Crippen LogP contribution in [0, 0.1) is 0 Å². The molecule has 4 heteroatoms. The number of hydrogen-bond acceptors (Lipinski definition) is 4. The van der Waals surface area contributed by atoms with E-state index in [-0.39, 0.29) is 0 Å². The van der Waals surface area contributed by atoms with E-state index in [1.54, 1.807) is 17.5 Å². The number of nitrogens with zero attached hydrogens (tertiary/aromatic N) is 2. The maximum atomic E-state index is 5.61. The third-order valence-corrected chi connectivity index (χ3v) is 3.76. The van der Waals surface area contributed by atoms with Gasteiger partial charge >= 0.3 is 0 Å². The molecule has 3 rings (SSSR count). The minimum Gasteiger partial charge on any atom is -0.326 e. The predicted octanol–water partition coefficient (Wildman–Crippen LogP) is 2.82. The topological polar surface area (TPSA) is 51.8 Å². The lowest BCUT2D eigenvalue weighted by molar-refractivity contribution is 0.973. The predicted molar refractivity (Wildman–Crippen MR) is 70.7 cm³/mol. The fourth-order valence-electron chi connectivity index (χ4n) is 1.75. The zero-order valence-electron chi connectivity index (χ0n) is 9.13. The summed E-state index contributed by atoms with van der Waals surface area (Å²) in [7, 11) is 0. The lowest BCUT2D eigenvalue weighted by Crippen LogP contribution is -1.98. The van der Waals surface area contributed by atoms with E-state index in [1.807, 2.05) is 18.2 Å². The summed E-state index contributed by atoms with van der Waals surface area (Å²) in [5.41, 5.74) is 7.51. The summed E-state index contributed by atoms with van der Waals surface area (Å²) >= 11 is 1.73. The van der Waals surface area contributed by atoms with Crippen molar-refractivity contribution in [1.29, 1.82) is 0 Å². The van der Waals surface area contributed by atoms with Gasteiger partial charge in [0, 0.05) is 11.2 Å². The Labute approximate surface area is 103 Å². The molecule has 0 aliphatic rings. The van der Waals surface area contributed by atoms with Crippen molar-refractivity contribution in [2.24, 2.45) is 5.73 Å². The summed E-state index contributed by atoms with van der Waals surface area (Å²) < 4.78 is 1.27. The molecule has 0 saturated heterocycles. The molecule has 0 atom stereocenters. The van der Waals surface area contributed by atoms with Gasteiger partial charge in [-0.3, -0.25) is 0 Å². The zero-order valence-corrected chi connectivity index (χ0v) is 9.95. The lowest BCUT2D eigenvalue weighted by atomic mass is 10.2. The van der Waals surface area contributed by atoms with E-state index in [1.165, 1.54) is 10.1 Å². The van der Waals surface area contributed by atoms with Gasteiger partial charge in [-0.15, -0.1) is 16.4 Å². The van der Waals surface area contributed by atoms with Crippen molar-refractivity contribution >= 4 is 21.4 Å². The molecule has 0 radical (unpaired) electrons. The maximum absolute atomic E-state index is 5.61. The van der Waals surface area contributed by atoms with Crippen LogP contribution in [0.4, 0.5) is 0 Å². The minimum absolute atomic E-state index is 0.493. The van der Waals surface area contributed by atoms with E-state index in [4.69, 9.17) is 5.73 Å². The van der Waals surface area contributed by atoms with E-state index < -0.39 is 0 Å². The average Bonchev–Trinajstić information content (AvgIpc) is 2.82. The number of benzene rings is 1. The standard InChI is InChI=1S/C13H11N3S/c14-7-9-5-11(16-15-8-9)13-6-10-3-1-2-4-12(10)17-13/h1-6,8H,7,14H2. The van der Waals surface area contributed by atoms with Crippen molar-refractivity contribution in [3.05, 3.63) is 48.2 Å². The molecule has 0 spiro atoms. The van der Waals surface area contributed by atoms with Crippen LogP contribution in [0.3, 0.4) is 0 Å². The molecule has 2 aromatic heterocycles. The highest BCUT2D eigenvalue weighted by molar-refractivity contribution is 7.22. The van der Waals surface area contributed by atoms with Crippen LogP contribution in [0.1, 0.15) is 5.56 Å². The van der Waals surface area contributed by atoms with Crippen molar-refractivity contribution in [1.82, 2.24) is 10.2 Å². The van der Waals surface area contributed by atoms with Crippen molar-refractivity contribution in [2.75, 3.05) is 0 Å². The molecule has 3 nitrogen and oxygen atoms in total. The molecular weight excluding hydrogens is 230 g/mol. The lowest BCUT2D eigenvalue weighted by Gasteiger charge is -1.97. The monoisotopic (exact) mass is 241 g/mol. The fraction of sp³-hybridized carbons (Fsp3) is 0.0769. The molecule has 1 aromatic carbocycles. The van der Waals surface area contributed by atoms with Gasteiger partial charge < -0.3 is 5.73 Å². The normalized spacial score (nSPS) is 10.9. The van der Waals surface area contributed by atoms with Crippen LogP contribution in [0.15, 0.2) is 42.6 Å². The second-order valence-corrected chi connectivity index (χ2v) is 4.89. The van der Waals surface area contributed by atoms with Crippen LogP contribution in [0.5, 0.6) is 0 Å². The minimum atomic E-state index is 0.493. The number of hydrogen-bond donors (Lipinski definition) is 1. The average molecular weight is 241 g/mol. The number of rotatable bonds is 2. The molecule has 0 saturated carbocycles. The number of fused-ring (bicyclic) bond motifs is 1. The molecule has 2 heterocycles. The third-order valence-electron chi connectivity index (χ3n) is 2.62. The number of aromatic nitrogens is 2. The van der Waals surface area contributed by atoms with E-state index >= 15 is 0 Å². The van der Waals surface area contributed by atoms with Crippen LogP contribution in [0.2, 0.25) is 0 Å². The van der Waals surface area contributed by atoms with Gasteiger partial charge in [-0.1, -0.05) is 18.2 Å². The van der Waals surface area contributed by atoms with Crippen molar-refractivity contribution < 1.29 is 0 Å². The van der Waals surface area contributed by atoms with Crippen LogP contribution in [0.25, 0.3) is 20.7 Å². The second kappa shape index (κ2) is 4.24. The molecule has 3 aromatic rings. The van der Waals surface area contributed by atoms with E-state index in [2.05, 4.69) is 28.4 Å². The summed E-state index contributed by atoms with van der Waals surface area (Å²) in [5.74, 6) is 0.